The lowest BCUT2D eigenvalue weighted by atomic mass is 9.99. The van der Waals surface area contributed by atoms with Crippen molar-refractivity contribution in [1.82, 2.24) is 5.32 Å². The number of hydrogen-bond acceptors (Lipinski definition) is 8. The van der Waals surface area contributed by atoms with Crippen LogP contribution in [0.3, 0.4) is 0 Å². The number of nitrogens with one attached hydrogen (secondary N) is 1. The van der Waals surface area contributed by atoms with E-state index >= 15 is 0 Å². The Morgan fingerprint density at radius 1 is 0.673 bits per heavy atom. The van der Waals surface area contributed by atoms with Crippen LogP contribution in [0.4, 0.5) is 0 Å². The molecule has 2 unspecified atom stereocenters. The van der Waals surface area contributed by atoms with Crippen LogP contribution in [-0.2, 0) is 14.3 Å². The van der Waals surface area contributed by atoms with Crippen LogP contribution in [0, 0.1) is 0 Å². The van der Waals surface area contributed by atoms with Gasteiger partial charge in [0.1, 0.15) is 24.4 Å². The van der Waals surface area contributed by atoms with Gasteiger partial charge in [-0.3, -0.25) is 4.79 Å². The van der Waals surface area contributed by atoms with Gasteiger partial charge in [0.25, 0.3) is 0 Å². The number of unbranched alkanes of at least 4 members (excludes halogenated alkanes) is 23. The lowest BCUT2D eigenvalue weighted by Gasteiger charge is -2.40. The molecule has 0 aromatic rings. The molecule has 7 atom stereocenters. The summed E-state index contributed by atoms with van der Waals surface area (Å²) in [5.41, 5.74) is 0. The zero-order chi connectivity index (χ0) is 36.0. The molecule has 1 aliphatic heterocycles. The number of aliphatic hydroxyl groups is 5. The van der Waals surface area contributed by atoms with Gasteiger partial charge in [-0.2, -0.15) is 0 Å². The van der Waals surface area contributed by atoms with Crippen LogP contribution < -0.4 is 5.32 Å². The third-order valence-corrected chi connectivity index (χ3v) is 9.86. The summed E-state index contributed by atoms with van der Waals surface area (Å²) in [6.45, 7) is 3.75. The molecule has 0 spiro atoms. The Kier molecular flexibility index (Phi) is 29.7. The highest BCUT2D eigenvalue weighted by Crippen LogP contribution is 2.22. The minimum Gasteiger partial charge on any atom is -0.394 e. The van der Waals surface area contributed by atoms with Crippen LogP contribution in [0.25, 0.3) is 0 Å². The number of carbonyl (C=O) groups is 1. The lowest BCUT2D eigenvalue weighted by Crippen LogP contribution is -2.60. The molecule has 1 fully saturated rings. The van der Waals surface area contributed by atoms with Crippen molar-refractivity contribution in [2.24, 2.45) is 0 Å². The molecule has 9 heteroatoms. The highest BCUT2D eigenvalue weighted by atomic mass is 16.7. The van der Waals surface area contributed by atoms with Crippen LogP contribution in [0.15, 0.2) is 12.2 Å². The van der Waals surface area contributed by atoms with Gasteiger partial charge in [-0.25, -0.2) is 0 Å². The van der Waals surface area contributed by atoms with E-state index in [0.29, 0.717) is 6.42 Å². The molecular formula is C40H77NO8. The first-order chi connectivity index (χ1) is 23.8. The number of allylic oxidation sites excluding steroid dienone is 1. The Balaban J connectivity index is 2.40. The normalized spacial score (nSPS) is 22.5. The molecule has 1 heterocycles. The van der Waals surface area contributed by atoms with Crippen molar-refractivity contribution in [1.29, 1.82) is 0 Å². The van der Waals surface area contributed by atoms with Gasteiger partial charge in [0.2, 0.25) is 5.91 Å². The third kappa shape index (κ3) is 23.2. The molecule has 6 N–H and O–H groups in total. The van der Waals surface area contributed by atoms with Gasteiger partial charge in [-0.1, -0.05) is 167 Å². The molecule has 49 heavy (non-hydrogen) atoms. The van der Waals surface area contributed by atoms with Crippen molar-refractivity contribution in [2.45, 2.75) is 224 Å². The predicted molar refractivity (Wildman–Crippen MR) is 198 cm³/mol. The summed E-state index contributed by atoms with van der Waals surface area (Å²) < 4.78 is 11.2. The molecule has 0 radical (unpaired) electrons. The minimum absolute atomic E-state index is 0.177. The quantitative estimate of drug-likeness (QED) is 0.0307. The first-order valence-electron chi connectivity index (χ1n) is 20.4. The fourth-order valence-electron chi connectivity index (χ4n) is 6.51. The van der Waals surface area contributed by atoms with Crippen molar-refractivity contribution in [3.05, 3.63) is 12.2 Å². The van der Waals surface area contributed by atoms with E-state index in [9.17, 15) is 30.3 Å². The van der Waals surface area contributed by atoms with Gasteiger partial charge in [0, 0.05) is 6.42 Å². The van der Waals surface area contributed by atoms with E-state index in [1.54, 1.807) is 6.08 Å². The maximum Gasteiger partial charge on any atom is 0.220 e. The predicted octanol–water partition coefficient (Wildman–Crippen LogP) is 7.39. The van der Waals surface area contributed by atoms with Gasteiger partial charge in [0.15, 0.2) is 6.29 Å². The van der Waals surface area contributed by atoms with Crippen LogP contribution in [0.1, 0.15) is 181 Å². The van der Waals surface area contributed by atoms with E-state index in [1.165, 1.54) is 122 Å². The maximum absolute atomic E-state index is 12.9. The third-order valence-electron chi connectivity index (χ3n) is 9.86. The second-order valence-corrected chi connectivity index (χ2v) is 14.4. The van der Waals surface area contributed by atoms with Crippen molar-refractivity contribution in [3.8, 4) is 0 Å². The molecule has 0 saturated carbocycles. The first-order valence-corrected chi connectivity index (χ1v) is 20.4. The summed E-state index contributed by atoms with van der Waals surface area (Å²) in [6, 6.07) is -0.796. The van der Waals surface area contributed by atoms with Crippen LogP contribution in [0.5, 0.6) is 0 Å². The molecule has 0 aromatic heterocycles. The summed E-state index contributed by atoms with van der Waals surface area (Å²) in [7, 11) is 0. The number of ether oxygens (including phenoxy) is 2. The van der Waals surface area contributed by atoms with Crippen molar-refractivity contribution < 1.29 is 39.8 Å². The lowest BCUT2D eigenvalue weighted by molar-refractivity contribution is -0.302. The van der Waals surface area contributed by atoms with Gasteiger partial charge < -0.3 is 40.3 Å². The van der Waals surface area contributed by atoms with Gasteiger partial charge >= 0.3 is 0 Å². The number of hydrogen-bond donors (Lipinski definition) is 6. The van der Waals surface area contributed by atoms with Gasteiger partial charge in [-0.15, -0.1) is 0 Å². The Hall–Kier alpha value is -1.07. The summed E-state index contributed by atoms with van der Waals surface area (Å²) >= 11 is 0. The summed E-state index contributed by atoms with van der Waals surface area (Å²) in [6.07, 6.45) is 26.8. The molecular weight excluding hydrogens is 622 g/mol. The van der Waals surface area contributed by atoms with Crippen LogP contribution in [0.2, 0.25) is 0 Å². The Labute approximate surface area is 299 Å². The molecule has 1 saturated heterocycles. The number of amides is 1. The number of aliphatic hydroxyl groups excluding tert-OH is 5. The molecule has 1 aliphatic rings. The molecule has 1 rings (SSSR count). The zero-order valence-corrected chi connectivity index (χ0v) is 31.5. The Morgan fingerprint density at radius 3 is 1.59 bits per heavy atom. The van der Waals surface area contributed by atoms with Crippen LogP contribution >= 0.6 is 0 Å². The van der Waals surface area contributed by atoms with Crippen molar-refractivity contribution in [2.75, 3.05) is 13.2 Å². The monoisotopic (exact) mass is 700 g/mol. The summed E-state index contributed by atoms with van der Waals surface area (Å²) in [4.78, 5) is 12.9. The molecule has 9 nitrogen and oxygen atoms in total. The van der Waals surface area contributed by atoms with E-state index in [-0.39, 0.29) is 12.5 Å². The maximum atomic E-state index is 12.9. The van der Waals surface area contributed by atoms with E-state index in [2.05, 4.69) is 19.2 Å². The summed E-state index contributed by atoms with van der Waals surface area (Å²) in [5, 5.41) is 53.9. The standard InChI is InChI=1S/C40H77NO8/c1-3-5-7-9-11-13-15-16-17-18-20-22-24-26-28-30-36(44)41-33(32-48-40-39(47)38(46)37(45)35(31-42)49-40)34(43)29-27-25-23-21-19-14-12-10-8-6-4-2/h27,29,33-35,37-40,42-43,45-47H,3-26,28,30-32H2,1-2H3,(H,41,44)/b29-27+/t33-,34+,35+,37-,38?,39?,40+/m0/s1. The average molecular weight is 700 g/mol. The average Bonchev–Trinajstić information content (AvgIpc) is 3.10. The smallest absolute Gasteiger partial charge is 0.220 e. The Morgan fingerprint density at radius 2 is 1.12 bits per heavy atom. The number of rotatable bonds is 33. The molecule has 0 aromatic carbocycles. The molecule has 1 amide bonds. The summed E-state index contributed by atoms with van der Waals surface area (Å²) in [5.74, 6) is -0.177. The topological polar surface area (TPSA) is 149 Å². The highest BCUT2D eigenvalue weighted by molar-refractivity contribution is 5.76. The molecule has 0 aliphatic carbocycles. The van der Waals surface area contributed by atoms with E-state index < -0.39 is 49.5 Å². The van der Waals surface area contributed by atoms with Crippen molar-refractivity contribution >= 4 is 5.91 Å². The SMILES string of the molecule is CCCCCCCCCCC/C=C/[C@@H](O)[C@H](CO[C@@H]1O[C@H](CO)[C@H](O)C(O)C1O)NC(=O)CCCCCCCCCCCCCCCCC. The van der Waals surface area contributed by atoms with Gasteiger partial charge in [-0.05, 0) is 19.3 Å². The fraction of sp³-hybridized carbons (Fsp3) is 0.925. The highest BCUT2D eigenvalue weighted by Gasteiger charge is 2.44. The zero-order valence-electron chi connectivity index (χ0n) is 31.5. The first kappa shape index (κ1) is 46.0. The minimum atomic E-state index is -1.56. The molecule has 290 valence electrons. The van der Waals surface area contributed by atoms with Gasteiger partial charge in [0.05, 0.1) is 25.4 Å². The van der Waals surface area contributed by atoms with Crippen LogP contribution in [-0.4, -0.2) is 87.5 Å². The fourth-order valence-corrected chi connectivity index (χ4v) is 6.51. The second kappa shape index (κ2) is 31.6. The second-order valence-electron chi connectivity index (χ2n) is 14.4. The molecule has 0 bridgehead atoms. The van der Waals surface area contributed by atoms with E-state index in [4.69, 9.17) is 9.47 Å². The number of carbonyl (C=O) groups excluding carboxylic acids is 1. The Bertz CT molecular complexity index is 781. The van der Waals surface area contributed by atoms with E-state index in [1.807, 2.05) is 6.08 Å². The van der Waals surface area contributed by atoms with E-state index in [0.717, 1.165) is 38.5 Å². The van der Waals surface area contributed by atoms with Crippen molar-refractivity contribution in [3.63, 3.8) is 0 Å². The largest absolute Gasteiger partial charge is 0.394 e.